The lowest BCUT2D eigenvalue weighted by Gasteiger charge is -2.32. The van der Waals surface area contributed by atoms with Gasteiger partial charge in [-0.3, -0.25) is 4.98 Å². The zero-order valence-electron chi connectivity index (χ0n) is 23.4. The monoisotopic (exact) mass is 534 g/mol. The molecule has 200 valence electrons. The number of fused-ring (bicyclic) bond motifs is 3. The van der Waals surface area contributed by atoms with Gasteiger partial charge in [0.25, 0.3) is 0 Å². The molecule has 1 aliphatic rings. The predicted molar refractivity (Wildman–Crippen MR) is 166 cm³/mol. The van der Waals surface area contributed by atoms with E-state index in [1.807, 2.05) is 55.0 Å². The largest absolute Gasteiger partial charge is 0.457 e. The first-order chi connectivity index (χ1) is 20.0. The molecule has 0 radical (unpaired) electrons. The third kappa shape index (κ3) is 4.66. The number of ether oxygens (including phenoxy) is 1. The molecule has 0 bridgehead atoms. The van der Waals surface area contributed by atoms with Gasteiger partial charge in [0.1, 0.15) is 24.0 Å². The van der Waals surface area contributed by atoms with Crippen LogP contribution in [-0.2, 0) is 6.67 Å². The number of para-hydroxylation sites is 1. The van der Waals surface area contributed by atoms with Crippen LogP contribution in [0.25, 0.3) is 33.8 Å². The summed E-state index contributed by atoms with van der Waals surface area (Å²) in [5.74, 6) is 2.54. The maximum atomic E-state index is 6.61. The van der Waals surface area contributed by atoms with Crippen LogP contribution in [0.5, 0.6) is 11.5 Å². The first-order valence-electron chi connectivity index (χ1n) is 13.8. The van der Waals surface area contributed by atoms with Crippen LogP contribution in [-0.4, -0.2) is 14.5 Å². The molecule has 3 heterocycles. The Kier molecular flexibility index (Phi) is 6.12. The van der Waals surface area contributed by atoms with Gasteiger partial charge in [0.15, 0.2) is 0 Å². The number of hydrogen-bond acceptors (Lipinski definition) is 4. The van der Waals surface area contributed by atoms with Gasteiger partial charge in [0.2, 0.25) is 0 Å². The zero-order valence-corrected chi connectivity index (χ0v) is 23.4. The normalized spacial score (nSPS) is 12.1. The molecule has 1 aliphatic heterocycles. The van der Waals surface area contributed by atoms with Gasteiger partial charge in [-0.1, -0.05) is 48.0 Å². The van der Waals surface area contributed by atoms with Crippen molar-refractivity contribution in [2.24, 2.45) is 0 Å². The summed E-state index contributed by atoms with van der Waals surface area (Å²) in [6, 6.07) is 33.6. The van der Waals surface area contributed by atoms with Crippen molar-refractivity contribution in [3.63, 3.8) is 0 Å². The SMILES string of the molecule is Cc1cc(C)c(-c2cc(Oc3cccc(-c4ccccn4)c3)cc(N3Cn4ccnc4-c4ccccc43)c2)c(C)c1. The lowest BCUT2D eigenvalue weighted by Crippen LogP contribution is -2.26. The van der Waals surface area contributed by atoms with Crippen molar-refractivity contribution in [1.29, 1.82) is 0 Å². The van der Waals surface area contributed by atoms with Crippen LogP contribution in [0, 0.1) is 20.8 Å². The number of imidazole rings is 1. The van der Waals surface area contributed by atoms with E-state index in [9.17, 15) is 0 Å². The van der Waals surface area contributed by atoms with Gasteiger partial charge in [-0.2, -0.15) is 0 Å². The number of pyridine rings is 1. The van der Waals surface area contributed by atoms with Crippen LogP contribution < -0.4 is 9.64 Å². The summed E-state index contributed by atoms with van der Waals surface area (Å²) >= 11 is 0. The fourth-order valence-electron chi connectivity index (χ4n) is 5.98. The first-order valence-corrected chi connectivity index (χ1v) is 13.8. The highest BCUT2D eigenvalue weighted by atomic mass is 16.5. The minimum absolute atomic E-state index is 0.663. The van der Waals surface area contributed by atoms with Gasteiger partial charge < -0.3 is 14.2 Å². The van der Waals surface area contributed by atoms with Crippen molar-refractivity contribution >= 4 is 11.4 Å². The summed E-state index contributed by atoms with van der Waals surface area (Å²) in [5, 5.41) is 0. The lowest BCUT2D eigenvalue weighted by molar-refractivity contribution is 0.483. The molecule has 5 nitrogen and oxygen atoms in total. The van der Waals surface area contributed by atoms with Crippen LogP contribution in [0.2, 0.25) is 0 Å². The van der Waals surface area contributed by atoms with E-state index in [2.05, 4.69) is 101 Å². The molecule has 0 saturated heterocycles. The average Bonchev–Trinajstić information content (AvgIpc) is 3.46. The third-order valence-corrected chi connectivity index (χ3v) is 7.64. The number of aryl methyl sites for hydroxylation is 3. The van der Waals surface area contributed by atoms with E-state index in [4.69, 9.17) is 4.74 Å². The molecule has 0 aliphatic carbocycles. The smallest absolute Gasteiger partial charge is 0.143 e. The van der Waals surface area contributed by atoms with Crippen molar-refractivity contribution in [3.05, 3.63) is 132 Å². The lowest BCUT2D eigenvalue weighted by atomic mass is 9.93. The maximum Gasteiger partial charge on any atom is 0.143 e. The Bertz CT molecular complexity index is 1870. The van der Waals surface area contributed by atoms with Gasteiger partial charge >= 0.3 is 0 Å². The number of hydrogen-bond donors (Lipinski definition) is 0. The summed E-state index contributed by atoms with van der Waals surface area (Å²) < 4.78 is 8.80. The summed E-state index contributed by atoms with van der Waals surface area (Å²) in [6.07, 6.45) is 5.72. The Morgan fingerprint density at radius 2 is 1.49 bits per heavy atom. The van der Waals surface area contributed by atoms with E-state index in [0.29, 0.717) is 6.67 Å². The average molecular weight is 535 g/mol. The number of nitrogens with zero attached hydrogens (tertiary/aromatic N) is 4. The summed E-state index contributed by atoms with van der Waals surface area (Å²) in [4.78, 5) is 11.5. The maximum absolute atomic E-state index is 6.61. The Balaban J connectivity index is 1.36. The van der Waals surface area contributed by atoms with E-state index in [1.54, 1.807) is 0 Å². The summed E-state index contributed by atoms with van der Waals surface area (Å²) in [7, 11) is 0. The highest BCUT2D eigenvalue weighted by Crippen LogP contribution is 2.43. The van der Waals surface area contributed by atoms with Crippen LogP contribution in [0.3, 0.4) is 0 Å². The van der Waals surface area contributed by atoms with E-state index in [1.165, 1.54) is 22.3 Å². The molecule has 7 rings (SSSR count). The number of benzene rings is 4. The standard InChI is InChI=1S/C36H30N4O/c1-24-17-25(2)35(26(3)18-24)28-19-29(40-23-39-16-15-38-36(39)32-11-4-5-13-34(32)40)22-31(21-28)41-30-10-8-9-27(20-30)33-12-6-7-14-37-33/h4-22H,23H2,1-3H3. The zero-order chi connectivity index (χ0) is 27.9. The van der Waals surface area contributed by atoms with Gasteiger partial charge in [0, 0.05) is 41.5 Å². The first kappa shape index (κ1) is 24.9. The second-order valence-electron chi connectivity index (χ2n) is 10.6. The van der Waals surface area contributed by atoms with Gasteiger partial charge in [-0.25, -0.2) is 4.98 Å². The molecule has 0 atom stereocenters. The molecule has 41 heavy (non-hydrogen) atoms. The second kappa shape index (κ2) is 10.1. The summed E-state index contributed by atoms with van der Waals surface area (Å²) in [5.41, 5.74) is 11.4. The predicted octanol–water partition coefficient (Wildman–Crippen LogP) is 9.11. The van der Waals surface area contributed by atoms with Crippen molar-refractivity contribution < 1.29 is 4.74 Å². The molecular formula is C36H30N4O. The van der Waals surface area contributed by atoms with Crippen molar-refractivity contribution in [2.45, 2.75) is 27.4 Å². The van der Waals surface area contributed by atoms with E-state index in [-0.39, 0.29) is 0 Å². The molecule has 2 aromatic heterocycles. The highest BCUT2D eigenvalue weighted by molar-refractivity contribution is 5.84. The molecule has 0 amide bonds. The minimum atomic E-state index is 0.663. The summed E-state index contributed by atoms with van der Waals surface area (Å²) in [6.45, 7) is 7.19. The number of rotatable bonds is 5. The van der Waals surface area contributed by atoms with Crippen LogP contribution in [0.15, 0.2) is 116 Å². The Morgan fingerprint density at radius 3 is 2.32 bits per heavy atom. The second-order valence-corrected chi connectivity index (χ2v) is 10.6. The molecule has 5 heteroatoms. The van der Waals surface area contributed by atoms with E-state index < -0.39 is 0 Å². The van der Waals surface area contributed by atoms with Gasteiger partial charge in [-0.05, 0) is 91.6 Å². The molecule has 4 aromatic carbocycles. The molecule has 0 saturated carbocycles. The fourth-order valence-corrected chi connectivity index (χ4v) is 5.98. The Morgan fingerprint density at radius 1 is 0.683 bits per heavy atom. The van der Waals surface area contributed by atoms with Gasteiger partial charge in [0.05, 0.1) is 11.4 Å². The van der Waals surface area contributed by atoms with Crippen LogP contribution in [0.4, 0.5) is 11.4 Å². The van der Waals surface area contributed by atoms with Crippen molar-refractivity contribution in [1.82, 2.24) is 14.5 Å². The third-order valence-electron chi connectivity index (χ3n) is 7.64. The quantitative estimate of drug-likeness (QED) is 0.221. The van der Waals surface area contributed by atoms with Crippen molar-refractivity contribution in [2.75, 3.05) is 4.90 Å². The van der Waals surface area contributed by atoms with Crippen LogP contribution >= 0.6 is 0 Å². The molecule has 0 fully saturated rings. The highest BCUT2D eigenvalue weighted by Gasteiger charge is 2.24. The minimum Gasteiger partial charge on any atom is -0.457 e. The molecule has 6 aromatic rings. The number of aromatic nitrogens is 3. The van der Waals surface area contributed by atoms with Crippen LogP contribution in [0.1, 0.15) is 16.7 Å². The fraction of sp³-hybridized carbons (Fsp3) is 0.111. The topological polar surface area (TPSA) is 43.2 Å². The Labute approximate surface area is 240 Å². The van der Waals surface area contributed by atoms with Crippen molar-refractivity contribution in [3.8, 4) is 45.3 Å². The molecular weight excluding hydrogens is 504 g/mol. The van der Waals surface area contributed by atoms with E-state index >= 15 is 0 Å². The Hall–Kier alpha value is -5.16. The number of anilines is 2. The molecule has 0 spiro atoms. The van der Waals surface area contributed by atoms with E-state index in [0.717, 1.165) is 51.1 Å². The molecule has 0 N–H and O–H groups in total. The van der Waals surface area contributed by atoms with Gasteiger partial charge in [-0.15, -0.1) is 0 Å². The molecule has 0 unspecified atom stereocenters.